The molecular formula is C11H9Cl2NO. The van der Waals surface area contributed by atoms with E-state index in [0.717, 1.165) is 22.6 Å². The van der Waals surface area contributed by atoms with Crippen molar-refractivity contribution in [2.45, 2.75) is 12.8 Å². The van der Waals surface area contributed by atoms with Crippen LogP contribution in [-0.4, -0.2) is 5.16 Å². The second kappa shape index (κ2) is 4.25. The minimum Gasteiger partial charge on any atom is -0.361 e. The average molecular weight is 242 g/mol. The van der Waals surface area contributed by atoms with Crippen molar-refractivity contribution in [1.29, 1.82) is 0 Å². The zero-order chi connectivity index (χ0) is 10.8. The summed E-state index contributed by atoms with van der Waals surface area (Å²) in [6.45, 7) is 1.84. The summed E-state index contributed by atoms with van der Waals surface area (Å²) < 4.78 is 5.10. The van der Waals surface area contributed by atoms with Gasteiger partial charge in [-0.2, -0.15) is 0 Å². The molecule has 0 bridgehead atoms. The first-order valence-electron chi connectivity index (χ1n) is 4.50. The van der Waals surface area contributed by atoms with Gasteiger partial charge in [0, 0.05) is 11.1 Å². The molecular weight excluding hydrogens is 233 g/mol. The van der Waals surface area contributed by atoms with E-state index in [9.17, 15) is 0 Å². The summed E-state index contributed by atoms with van der Waals surface area (Å²) in [5.74, 6) is 1.11. The number of halogens is 2. The molecule has 2 aromatic rings. The standard InChI is InChI=1S/C11H9Cl2NO/c1-7-9(6-12)11(14-15-7)8-4-2-3-5-10(8)13/h2-5H,6H2,1H3. The third kappa shape index (κ3) is 1.87. The monoisotopic (exact) mass is 241 g/mol. The quantitative estimate of drug-likeness (QED) is 0.742. The van der Waals surface area contributed by atoms with E-state index < -0.39 is 0 Å². The summed E-state index contributed by atoms with van der Waals surface area (Å²) in [5, 5.41) is 4.62. The molecule has 2 nitrogen and oxygen atoms in total. The predicted octanol–water partition coefficient (Wildman–Crippen LogP) is 4.04. The fourth-order valence-corrected chi connectivity index (χ4v) is 1.95. The Morgan fingerprint density at radius 2 is 2.07 bits per heavy atom. The van der Waals surface area contributed by atoms with Crippen LogP contribution >= 0.6 is 23.2 Å². The summed E-state index contributed by atoms with van der Waals surface area (Å²) in [6, 6.07) is 7.50. The summed E-state index contributed by atoms with van der Waals surface area (Å²) in [4.78, 5) is 0. The van der Waals surface area contributed by atoms with E-state index in [0.29, 0.717) is 10.9 Å². The number of benzene rings is 1. The highest BCUT2D eigenvalue weighted by molar-refractivity contribution is 6.33. The van der Waals surface area contributed by atoms with E-state index in [1.165, 1.54) is 0 Å². The Morgan fingerprint density at radius 3 is 2.73 bits per heavy atom. The Hall–Kier alpha value is -0.990. The molecule has 0 spiro atoms. The first kappa shape index (κ1) is 10.5. The normalized spacial score (nSPS) is 10.6. The molecule has 0 radical (unpaired) electrons. The van der Waals surface area contributed by atoms with Gasteiger partial charge in [0.05, 0.1) is 10.9 Å². The minimum absolute atomic E-state index is 0.371. The van der Waals surface area contributed by atoms with Crippen molar-refractivity contribution in [3.05, 3.63) is 40.6 Å². The molecule has 0 aliphatic rings. The Morgan fingerprint density at radius 1 is 1.33 bits per heavy atom. The highest BCUT2D eigenvalue weighted by Gasteiger charge is 2.15. The van der Waals surface area contributed by atoms with Gasteiger partial charge in [-0.15, -0.1) is 11.6 Å². The predicted molar refractivity (Wildman–Crippen MR) is 61.2 cm³/mol. The van der Waals surface area contributed by atoms with Crippen LogP contribution in [0.2, 0.25) is 5.02 Å². The molecule has 0 aliphatic heterocycles. The Kier molecular flexibility index (Phi) is 2.98. The lowest BCUT2D eigenvalue weighted by atomic mass is 10.1. The molecule has 1 heterocycles. The molecule has 0 saturated carbocycles. The smallest absolute Gasteiger partial charge is 0.138 e. The molecule has 1 aromatic carbocycles. The number of aryl methyl sites for hydroxylation is 1. The number of hydrogen-bond acceptors (Lipinski definition) is 2. The van der Waals surface area contributed by atoms with Gasteiger partial charge < -0.3 is 4.52 Å². The van der Waals surface area contributed by atoms with Crippen molar-refractivity contribution >= 4 is 23.2 Å². The van der Waals surface area contributed by atoms with Crippen LogP contribution in [0.1, 0.15) is 11.3 Å². The maximum atomic E-state index is 6.07. The number of nitrogens with zero attached hydrogens (tertiary/aromatic N) is 1. The molecule has 0 N–H and O–H groups in total. The topological polar surface area (TPSA) is 26.0 Å². The van der Waals surface area contributed by atoms with E-state index in [-0.39, 0.29) is 0 Å². The Labute approximate surface area is 97.8 Å². The van der Waals surface area contributed by atoms with Gasteiger partial charge in [-0.25, -0.2) is 0 Å². The Balaban J connectivity index is 2.59. The van der Waals surface area contributed by atoms with E-state index in [4.69, 9.17) is 27.7 Å². The lowest BCUT2D eigenvalue weighted by Gasteiger charge is -2.00. The average Bonchev–Trinajstić information content (AvgIpc) is 2.60. The largest absolute Gasteiger partial charge is 0.361 e. The van der Waals surface area contributed by atoms with Crippen LogP contribution < -0.4 is 0 Å². The zero-order valence-electron chi connectivity index (χ0n) is 8.13. The van der Waals surface area contributed by atoms with Crippen molar-refractivity contribution in [2.75, 3.05) is 0 Å². The lowest BCUT2D eigenvalue weighted by Crippen LogP contribution is -1.85. The molecule has 0 fully saturated rings. The maximum absolute atomic E-state index is 6.07. The first-order chi connectivity index (χ1) is 7.24. The summed E-state index contributed by atoms with van der Waals surface area (Å²) >= 11 is 11.9. The molecule has 2 rings (SSSR count). The maximum Gasteiger partial charge on any atom is 0.138 e. The number of hydrogen-bond donors (Lipinski definition) is 0. The van der Waals surface area contributed by atoms with Crippen LogP contribution in [0.25, 0.3) is 11.3 Å². The van der Waals surface area contributed by atoms with Crippen LogP contribution in [0.3, 0.4) is 0 Å². The highest BCUT2D eigenvalue weighted by Crippen LogP contribution is 2.31. The summed E-state index contributed by atoms with van der Waals surface area (Å²) in [6.07, 6.45) is 0. The first-order valence-corrected chi connectivity index (χ1v) is 5.41. The van der Waals surface area contributed by atoms with E-state index in [2.05, 4.69) is 5.16 Å². The highest BCUT2D eigenvalue weighted by atomic mass is 35.5. The molecule has 0 unspecified atom stereocenters. The van der Waals surface area contributed by atoms with Crippen LogP contribution in [-0.2, 0) is 5.88 Å². The van der Waals surface area contributed by atoms with Gasteiger partial charge in [0.1, 0.15) is 11.5 Å². The fraction of sp³-hybridized carbons (Fsp3) is 0.182. The third-order valence-corrected chi connectivity index (χ3v) is 2.84. The molecule has 0 amide bonds. The van der Waals surface area contributed by atoms with Crippen molar-refractivity contribution < 1.29 is 4.52 Å². The zero-order valence-corrected chi connectivity index (χ0v) is 9.64. The van der Waals surface area contributed by atoms with E-state index >= 15 is 0 Å². The van der Waals surface area contributed by atoms with Crippen LogP contribution in [0.15, 0.2) is 28.8 Å². The number of aromatic nitrogens is 1. The van der Waals surface area contributed by atoms with Crippen LogP contribution in [0.4, 0.5) is 0 Å². The number of rotatable bonds is 2. The third-order valence-electron chi connectivity index (χ3n) is 2.25. The molecule has 0 saturated heterocycles. The van der Waals surface area contributed by atoms with Gasteiger partial charge >= 0.3 is 0 Å². The van der Waals surface area contributed by atoms with Crippen molar-refractivity contribution in [1.82, 2.24) is 5.16 Å². The van der Waals surface area contributed by atoms with Gasteiger partial charge in [-0.3, -0.25) is 0 Å². The molecule has 1 aromatic heterocycles. The van der Waals surface area contributed by atoms with Crippen molar-refractivity contribution in [3.63, 3.8) is 0 Å². The molecule has 0 atom stereocenters. The molecule has 15 heavy (non-hydrogen) atoms. The fourth-order valence-electron chi connectivity index (χ4n) is 1.41. The van der Waals surface area contributed by atoms with E-state index in [1.54, 1.807) is 0 Å². The van der Waals surface area contributed by atoms with Crippen molar-refractivity contribution in [2.24, 2.45) is 0 Å². The van der Waals surface area contributed by atoms with Crippen LogP contribution in [0, 0.1) is 6.92 Å². The van der Waals surface area contributed by atoms with Crippen molar-refractivity contribution in [3.8, 4) is 11.3 Å². The second-order valence-corrected chi connectivity index (χ2v) is 3.85. The van der Waals surface area contributed by atoms with Gasteiger partial charge in [-0.05, 0) is 13.0 Å². The van der Waals surface area contributed by atoms with Crippen LogP contribution in [0.5, 0.6) is 0 Å². The molecule has 0 aliphatic carbocycles. The minimum atomic E-state index is 0.371. The van der Waals surface area contributed by atoms with Gasteiger partial charge in [0.15, 0.2) is 0 Å². The second-order valence-electron chi connectivity index (χ2n) is 3.18. The molecule has 78 valence electrons. The number of alkyl halides is 1. The Bertz CT molecular complexity index is 479. The lowest BCUT2D eigenvalue weighted by molar-refractivity contribution is 0.398. The van der Waals surface area contributed by atoms with Gasteiger partial charge in [0.2, 0.25) is 0 Å². The van der Waals surface area contributed by atoms with E-state index in [1.807, 2.05) is 31.2 Å². The molecule has 4 heteroatoms. The summed E-state index contributed by atoms with van der Waals surface area (Å²) in [7, 11) is 0. The summed E-state index contributed by atoms with van der Waals surface area (Å²) in [5.41, 5.74) is 2.48. The van der Waals surface area contributed by atoms with Gasteiger partial charge in [0.25, 0.3) is 0 Å². The SMILES string of the molecule is Cc1onc(-c2ccccc2Cl)c1CCl. The van der Waals surface area contributed by atoms with Gasteiger partial charge in [-0.1, -0.05) is 35.0 Å².